The van der Waals surface area contributed by atoms with Gasteiger partial charge in [-0.2, -0.15) is 18.3 Å². The molecule has 12 heteroatoms. The third-order valence-corrected chi connectivity index (χ3v) is 5.82. The topological polar surface area (TPSA) is 97.0 Å². The summed E-state index contributed by atoms with van der Waals surface area (Å²) in [6.07, 6.45) is -3.01. The van der Waals surface area contributed by atoms with Crippen LogP contribution >= 0.6 is 0 Å². The molecule has 0 radical (unpaired) electrons. The van der Waals surface area contributed by atoms with Crippen LogP contribution in [0.3, 0.4) is 0 Å². The summed E-state index contributed by atoms with van der Waals surface area (Å²) >= 11 is 0. The monoisotopic (exact) mass is 471 g/mol. The van der Waals surface area contributed by atoms with Gasteiger partial charge in [0.05, 0.1) is 63.5 Å². The number of carbonyl (C=O) groups excluding carboxylic acids is 1. The number of fused-ring (bicyclic) bond motifs is 3. The van der Waals surface area contributed by atoms with Gasteiger partial charge in [0.25, 0.3) is 5.91 Å². The molecule has 0 aromatic carbocycles. The first kappa shape index (κ1) is 22.4. The molecule has 2 saturated heterocycles. The highest BCUT2D eigenvalue weighted by molar-refractivity contribution is 5.96. The van der Waals surface area contributed by atoms with Crippen LogP contribution in [-0.2, 0) is 44.5 Å². The van der Waals surface area contributed by atoms with Gasteiger partial charge in [-0.25, -0.2) is 0 Å². The SMILES string of the molecule is O=C(NC[C@H]1COCCO1)c1oc2c(c1C(F)(F)F)-c1nn(CC3COCCO3)cc1CC2. The van der Waals surface area contributed by atoms with E-state index >= 15 is 0 Å². The highest BCUT2D eigenvalue weighted by Gasteiger charge is 2.45. The fourth-order valence-electron chi connectivity index (χ4n) is 4.32. The van der Waals surface area contributed by atoms with Crippen molar-refractivity contribution in [2.75, 3.05) is 46.2 Å². The highest BCUT2D eigenvalue weighted by atomic mass is 19.4. The van der Waals surface area contributed by atoms with Crippen molar-refractivity contribution in [3.8, 4) is 11.3 Å². The van der Waals surface area contributed by atoms with E-state index in [4.69, 9.17) is 23.4 Å². The number of nitrogens with zero attached hydrogens (tertiary/aromatic N) is 2. The minimum Gasteiger partial charge on any atom is -0.455 e. The van der Waals surface area contributed by atoms with Crippen LogP contribution in [-0.4, -0.2) is 74.1 Å². The lowest BCUT2D eigenvalue weighted by Gasteiger charge is -2.23. The molecule has 1 amide bonds. The molecule has 5 rings (SSSR count). The van der Waals surface area contributed by atoms with Gasteiger partial charge in [0, 0.05) is 19.2 Å². The average molecular weight is 471 g/mol. The Balaban J connectivity index is 1.42. The lowest BCUT2D eigenvalue weighted by Crippen LogP contribution is -2.40. The van der Waals surface area contributed by atoms with Crippen molar-refractivity contribution in [1.29, 1.82) is 0 Å². The van der Waals surface area contributed by atoms with Crippen LogP contribution in [0.4, 0.5) is 13.2 Å². The maximum atomic E-state index is 14.1. The number of aromatic nitrogens is 2. The van der Waals surface area contributed by atoms with E-state index in [1.54, 1.807) is 10.9 Å². The lowest BCUT2D eigenvalue weighted by molar-refractivity contribution is -0.137. The number of nitrogens with one attached hydrogen (secondary N) is 1. The normalized spacial score (nSPS) is 23.1. The summed E-state index contributed by atoms with van der Waals surface area (Å²) in [5.41, 5.74) is -0.401. The summed E-state index contributed by atoms with van der Waals surface area (Å²) in [6.45, 7) is 2.84. The number of ether oxygens (including phenoxy) is 4. The van der Waals surface area contributed by atoms with Crippen LogP contribution in [0.25, 0.3) is 11.3 Å². The molecule has 2 fully saturated rings. The molecule has 3 aliphatic rings. The second-order valence-electron chi connectivity index (χ2n) is 8.17. The summed E-state index contributed by atoms with van der Waals surface area (Å²) in [7, 11) is 0. The number of aryl methyl sites for hydroxylation is 2. The van der Waals surface area contributed by atoms with Gasteiger partial charge in [-0.3, -0.25) is 9.48 Å². The standard InChI is InChI=1S/C21H24F3N3O6/c22-21(23,24)17-16-15(33-19(17)20(28)25-7-13-10-29-3-5-31-13)2-1-12-8-27(26-18(12)16)9-14-11-30-4-6-32-14/h8,13-14H,1-7,9-11H2,(H,25,28)/t13-,14?/m0/s1. The molecular weight excluding hydrogens is 447 g/mol. The van der Waals surface area contributed by atoms with Gasteiger partial charge in [-0.1, -0.05) is 0 Å². The smallest absolute Gasteiger partial charge is 0.420 e. The van der Waals surface area contributed by atoms with Gasteiger partial charge in [0.1, 0.15) is 17.4 Å². The summed E-state index contributed by atoms with van der Waals surface area (Å²) < 4.78 is 71.2. The van der Waals surface area contributed by atoms with Crippen LogP contribution in [0.2, 0.25) is 0 Å². The second kappa shape index (κ2) is 9.09. The van der Waals surface area contributed by atoms with E-state index in [-0.39, 0.29) is 42.7 Å². The molecule has 2 aromatic rings. The van der Waals surface area contributed by atoms with Crippen molar-refractivity contribution in [3.63, 3.8) is 0 Å². The van der Waals surface area contributed by atoms with Gasteiger partial charge in [0.15, 0.2) is 0 Å². The maximum Gasteiger partial charge on any atom is 0.420 e. The first-order valence-corrected chi connectivity index (χ1v) is 10.9. The van der Waals surface area contributed by atoms with E-state index in [9.17, 15) is 18.0 Å². The Morgan fingerprint density at radius 3 is 2.48 bits per heavy atom. The summed E-state index contributed by atoms with van der Waals surface area (Å²) in [6, 6.07) is 0. The predicted molar refractivity (Wildman–Crippen MR) is 106 cm³/mol. The van der Waals surface area contributed by atoms with E-state index in [1.807, 2.05) is 0 Å². The lowest BCUT2D eigenvalue weighted by atomic mass is 9.93. The zero-order chi connectivity index (χ0) is 23.0. The summed E-state index contributed by atoms with van der Waals surface area (Å²) in [4.78, 5) is 12.7. The van der Waals surface area contributed by atoms with Gasteiger partial charge >= 0.3 is 6.18 Å². The van der Waals surface area contributed by atoms with Gasteiger partial charge in [-0.05, 0) is 12.0 Å². The number of hydrogen-bond donors (Lipinski definition) is 1. The van der Waals surface area contributed by atoms with Crippen molar-refractivity contribution in [2.24, 2.45) is 0 Å². The van der Waals surface area contributed by atoms with Crippen LogP contribution in [0, 0.1) is 0 Å². The molecule has 4 heterocycles. The number of carbonyl (C=O) groups is 1. The Morgan fingerprint density at radius 1 is 1.09 bits per heavy atom. The molecule has 1 aliphatic carbocycles. The van der Waals surface area contributed by atoms with Crippen LogP contribution in [0.5, 0.6) is 0 Å². The molecule has 180 valence electrons. The van der Waals surface area contributed by atoms with Gasteiger partial charge in [0.2, 0.25) is 5.76 Å². The molecule has 33 heavy (non-hydrogen) atoms. The number of rotatable bonds is 5. The highest BCUT2D eigenvalue weighted by Crippen LogP contribution is 2.46. The Hall–Kier alpha value is -2.41. The second-order valence-corrected chi connectivity index (χ2v) is 8.17. The summed E-state index contributed by atoms with van der Waals surface area (Å²) in [5, 5.41) is 6.89. The van der Waals surface area contributed by atoms with Gasteiger partial charge < -0.3 is 28.7 Å². The Morgan fingerprint density at radius 2 is 1.82 bits per heavy atom. The summed E-state index contributed by atoms with van der Waals surface area (Å²) in [5.74, 6) is -1.59. The Kier molecular flexibility index (Phi) is 6.16. The number of furan rings is 1. The van der Waals surface area contributed by atoms with E-state index in [1.165, 1.54) is 0 Å². The fraction of sp³-hybridized carbons (Fsp3) is 0.619. The number of amides is 1. The molecule has 0 saturated carbocycles. The Labute approximate surface area is 187 Å². The van der Waals surface area contributed by atoms with Crippen molar-refractivity contribution in [3.05, 3.63) is 28.8 Å². The molecular formula is C21H24F3N3O6. The number of alkyl halides is 3. The minimum absolute atomic E-state index is 0.0187. The van der Waals surface area contributed by atoms with Gasteiger partial charge in [-0.15, -0.1) is 0 Å². The van der Waals surface area contributed by atoms with Crippen molar-refractivity contribution in [1.82, 2.24) is 15.1 Å². The van der Waals surface area contributed by atoms with E-state index in [0.29, 0.717) is 51.6 Å². The van der Waals surface area contributed by atoms with Crippen molar-refractivity contribution >= 4 is 5.91 Å². The van der Waals surface area contributed by atoms with Crippen LogP contribution < -0.4 is 5.32 Å². The molecule has 2 atom stereocenters. The quantitative estimate of drug-likeness (QED) is 0.711. The first-order valence-electron chi connectivity index (χ1n) is 10.9. The zero-order valence-corrected chi connectivity index (χ0v) is 17.8. The predicted octanol–water partition coefficient (Wildman–Crippen LogP) is 1.82. The largest absolute Gasteiger partial charge is 0.455 e. The number of halogens is 3. The first-order chi connectivity index (χ1) is 15.9. The third kappa shape index (κ3) is 4.65. The van der Waals surface area contributed by atoms with E-state index in [0.717, 1.165) is 0 Å². The fourth-order valence-corrected chi connectivity index (χ4v) is 4.32. The molecule has 1 unspecified atom stereocenters. The molecule has 2 aromatic heterocycles. The third-order valence-electron chi connectivity index (χ3n) is 5.82. The average Bonchev–Trinajstić information content (AvgIpc) is 3.39. The molecule has 2 aliphatic heterocycles. The molecule has 0 spiro atoms. The molecule has 1 N–H and O–H groups in total. The van der Waals surface area contributed by atoms with Crippen molar-refractivity contribution < 1.29 is 41.3 Å². The maximum absolute atomic E-state index is 14.1. The van der Waals surface area contributed by atoms with Crippen LogP contribution in [0.1, 0.15) is 27.4 Å². The number of hydrogen-bond acceptors (Lipinski definition) is 7. The molecule has 9 nitrogen and oxygen atoms in total. The zero-order valence-electron chi connectivity index (χ0n) is 17.8. The van der Waals surface area contributed by atoms with Crippen LogP contribution in [0.15, 0.2) is 10.6 Å². The van der Waals surface area contributed by atoms with Crippen molar-refractivity contribution in [2.45, 2.75) is 37.8 Å². The van der Waals surface area contributed by atoms with E-state index < -0.39 is 29.5 Å². The molecule has 0 bridgehead atoms. The minimum atomic E-state index is -4.80. The Bertz CT molecular complexity index is 1010. The van der Waals surface area contributed by atoms with E-state index in [2.05, 4.69) is 10.4 Å².